The molecule has 0 amide bonds. The second-order valence-electron chi connectivity index (χ2n) is 4.42. The van der Waals surface area contributed by atoms with Crippen LogP contribution >= 0.6 is 11.3 Å². The second kappa shape index (κ2) is 4.13. The number of thiophene rings is 1. The molecule has 0 atom stereocenters. The Morgan fingerprint density at radius 2 is 2.11 bits per heavy atom. The molecule has 0 aliphatic heterocycles. The van der Waals surface area contributed by atoms with Gasteiger partial charge < -0.3 is 11.1 Å². The number of ketones is 1. The van der Waals surface area contributed by atoms with Crippen LogP contribution in [0, 0.1) is 11.3 Å². The Balaban J connectivity index is 2.40. The van der Waals surface area contributed by atoms with Crippen molar-refractivity contribution in [3.8, 4) is 6.07 Å². The largest absolute Gasteiger partial charge is 0.411 e. The number of nitrogens with one attached hydrogen (secondary N) is 1. The molecule has 3 N–H and O–H groups in total. The van der Waals surface area contributed by atoms with E-state index >= 15 is 0 Å². The van der Waals surface area contributed by atoms with E-state index in [4.69, 9.17) is 11.0 Å². The lowest BCUT2D eigenvalue weighted by atomic mass is 10.2. The van der Waals surface area contributed by atoms with Crippen molar-refractivity contribution in [1.82, 2.24) is 0 Å². The first-order chi connectivity index (χ1) is 8.72. The number of halogens is 3. The number of alkyl halides is 3. The number of hydrogen-bond acceptors (Lipinski definition) is 5. The van der Waals surface area contributed by atoms with Crippen molar-refractivity contribution < 1.29 is 18.0 Å². The van der Waals surface area contributed by atoms with Gasteiger partial charge in [-0.15, -0.1) is 11.3 Å². The number of nitriles is 1. The van der Waals surface area contributed by atoms with Crippen molar-refractivity contribution in [2.75, 3.05) is 11.1 Å². The molecular weight excluding hydrogens is 279 g/mol. The number of anilines is 2. The van der Waals surface area contributed by atoms with Crippen LogP contribution in [-0.2, 0) is 0 Å². The number of rotatable bonds is 3. The first kappa shape index (κ1) is 13.7. The van der Waals surface area contributed by atoms with E-state index in [9.17, 15) is 18.0 Å². The van der Waals surface area contributed by atoms with Gasteiger partial charge >= 0.3 is 6.18 Å². The molecule has 1 fully saturated rings. The predicted molar refractivity (Wildman–Crippen MR) is 65.1 cm³/mol. The van der Waals surface area contributed by atoms with Gasteiger partial charge in [0.1, 0.15) is 22.2 Å². The topological polar surface area (TPSA) is 78.9 Å². The normalized spacial score (nSPS) is 16.8. The van der Waals surface area contributed by atoms with E-state index in [-0.39, 0.29) is 39.8 Å². The monoisotopic (exact) mass is 289 g/mol. The van der Waals surface area contributed by atoms with Crippen LogP contribution in [0.3, 0.4) is 0 Å². The highest BCUT2D eigenvalue weighted by Gasteiger charge is 2.64. The lowest BCUT2D eigenvalue weighted by Gasteiger charge is -2.20. The molecule has 4 nitrogen and oxygen atoms in total. The molecule has 102 valence electrons. The van der Waals surface area contributed by atoms with Crippen molar-refractivity contribution in [3.05, 3.63) is 10.4 Å². The maximum Gasteiger partial charge on any atom is 0.411 e. The molecule has 0 unspecified atom stereocenters. The summed E-state index contributed by atoms with van der Waals surface area (Å²) >= 11 is 0.794. The summed E-state index contributed by atoms with van der Waals surface area (Å²) in [6.45, 7) is 1.25. The fourth-order valence-corrected chi connectivity index (χ4v) is 2.79. The van der Waals surface area contributed by atoms with Crippen molar-refractivity contribution >= 4 is 27.8 Å². The van der Waals surface area contributed by atoms with E-state index < -0.39 is 11.7 Å². The quantitative estimate of drug-likeness (QED) is 0.838. The van der Waals surface area contributed by atoms with Crippen LogP contribution in [-0.4, -0.2) is 17.5 Å². The van der Waals surface area contributed by atoms with Crippen LogP contribution in [0.25, 0.3) is 0 Å². The number of hydrogen-bond donors (Lipinski definition) is 2. The van der Waals surface area contributed by atoms with Crippen LogP contribution < -0.4 is 11.1 Å². The summed E-state index contributed by atoms with van der Waals surface area (Å²) in [7, 11) is 0. The third-order valence-electron chi connectivity index (χ3n) is 3.02. The van der Waals surface area contributed by atoms with E-state index in [0.717, 1.165) is 11.3 Å². The molecule has 1 aromatic rings. The Labute approximate surface area is 111 Å². The SMILES string of the molecule is CC(=O)c1sc(NC2(C(F)(F)F)CC2)c(C#N)c1N. The summed E-state index contributed by atoms with van der Waals surface area (Å²) in [5, 5.41) is 11.3. The molecule has 0 spiro atoms. The number of nitrogens with zero attached hydrogens (tertiary/aromatic N) is 1. The molecule has 1 aromatic heterocycles. The Bertz CT molecular complexity index is 581. The van der Waals surface area contributed by atoms with Crippen molar-refractivity contribution in [1.29, 1.82) is 5.26 Å². The van der Waals surface area contributed by atoms with Crippen LogP contribution in [0.1, 0.15) is 35.0 Å². The number of carbonyl (C=O) groups is 1. The molecule has 19 heavy (non-hydrogen) atoms. The van der Waals surface area contributed by atoms with E-state index in [1.807, 2.05) is 0 Å². The fraction of sp³-hybridized carbons (Fsp3) is 0.455. The zero-order valence-corrected chi connectivity index (χ0v) is 10.7. The molecule has 8 heteroatoms. The molecule has 1 aliphatic carbocycles. The second-order valence-corrected chi connectivity index (χ2v) is 5.44. The van der Waals surface area contributed by atoms with Gasteiger partial charge in [0.05, 0.1) is 10.6 Å². The number of Topliss-reactive ketones (excluding diaryl/α,β-unsaturated/α-hetero) is 1. The fourth-order valence-electron chi connectivity index (χ4n) is 1.73. The third-order valence-corrected chi connectivity index (χ3v) is 4.24. The van der Waals surface area contributed by atoms with Crippen molar-refractivity contribution in [3.63, 3.8) is 0 Å². The van der Waals surface area contributed by atoms with Gasteiger partial charge in [-0.2, -0.15) is 18.4 Å². The zero-order chi connectivity index (χ0) is 14.4. The van der Waals surface area contributed by atoms with E-state index in [0.29, 0.717) is 0 Å². The zero-order valence-electron chi connectivity index (χ0n) is 9.89. The molecule has 0 bridgehead atoms. The Morgan fingerprint density at radius 1 is 1.53 bits per heavy atom. The summed E-state index contributed by atoms with van der Waals surface area (Å²) < 4.78 is 38.5. The summed E-state index contributed by atoms with van der Waals surface area (Å²) in [5.41, 5.74) is 3.48. The van der Waals surface area contributed by atoms with Crippen LogP contribution in [0.15, 0.2) is 0 Å². The summed E-state index contributed by atoms with van der Waals surface area (Å²) in [5.74, 6) is -0.371. The van der Waals surface area contributed by atoms with E-state index in [1.165, 1.54) is 6.92 Å². The molecule has 0 saturated heterocycles. The summed E-state index contributed by atoms with van der Waals surface area (Å²) in [6, 6.07) is 1.74. The molecule has 2 rings (SSSR count). The van der Waals surface area contributed by atoms with Gasteiger partial charge in [-0.05, 0) is 12.8 Å². The highest BCUT2D eigenvalue weighted by atomic mass is 32.1. The minimum Gasteiger partial charge on any atom is -0.396 e. The average Bonchev–Trinajstić information content (AvgIpc) is 2.99. The Morgan fingerprint density at radius 3 is 2.47 bits per heavy atom. The van der Waals surface area contributed by atoms with Gasteiger partial charge in [0, 0.05) is 6.92 Å². The van der Waals surface area contributed by atoms with E-state index in [1.54, 1.807) is 6.07 Å². The average molecular weight is 289 g/mol. The maximum atomic E-state index is 12.8. The summed E-state index contributed by atoms with van der Waals surface area (Å²) in [4.78, 5) is 11.4. The molecule has 0 aromatic carbocycles. The lowest BCUT2D eigenvalue weighted by Crippen LogP contribution is -2.38. The maximum absolute atomic E-state index is 12.8. The lowest BCUT2D eigenvalue weighted by molar-refractivity contribution is -0.151. The third kappa shape index (κ3) is 2.14. The van der Waals surface area contributed by atoms with Crippen LogP contribution in [0.5, 0.6) is 0 Å². The predicted octanol–water partition coefficient (Wildman–Crippen LogP) is 2.91. The van der Waals surface area contributed by atoms with E-state index in [2.05, 4.69) is 5.32 Å². The van der Waals surface area contributed by atoms with Crippen LogP contribution in [0.2, 0.25) is 0 Å². The Hall–Kier alpha value is -1.75. The highest BCUT2D eigenvalue weighted by molar-refractivity contribution is 7.19. The standard InChI is InChI=1S/C11H10F3N3OS/c1-5(18)8-7(16)6(4-15)9(19-8)17-10(2-3-10)11(12,13)14/h17H,2-3,16H2,1H3. The first-order valence-electron chi connectivity index (χ1n) is 5.40. The van der Waals surface area contributed by atoms with Gasteiger partial charge in [-0.25, -0.2) is 0 Å². The summed E-state index contributed by atoms with van der Waals surface area (Å²) in [6.07, 6.45) is -4.49. The first-order valence-corrected chi connectivity index (χ1v) is 6.22. The van der Waals surface area contributed by atoms with Gasteiger partial charge in [-0.3, -0.25) is 4.79 Å². The van der Waals surface area contributed by atoms with Crippen LogP contribution in [0.4, 0.5) is 23.9 Å². The van der Waals surface area contributed by atoms with Gasteiger partial charge in [0.2, 0.25) is 0 Å². The van der Waals surface area contributed by atoms with Crippen molar-refractivity contribution in [2.24, 2.45) is 0 Å². The minimum atomic E-state index is -4.39. The van der Waals surface area contributed by atoms with Gasteiger partial charge in [-0.1, -0.05) is 0 Å². The van der Waals surface area contributed by atoms with Gasteiger partial charge in [0.25, 0.3) is 0 Å². The molecule has 0 radical (unpaired) electrons. The Kier molecular flexibility index (Phi) is 2.97. The number of carbonyl (C=O) groups excluding carboxylic acids is 1. The molecule has 1 heterocycles. The molecular formula is C11H10F3N3OS. The molecule has 1 saturated carbocycles. The van der Waals surface area contributed by atoms with Gasteiger partial charge in [0.15, 0.2) is 5.78 Å². The number of nitrogen functional groups attached to an aromatic ring is 1. The minimum absolute atomic E-state index is 0.0139. The molecule has 1 aliphatic rings. The number of nitrogens with two attached hydrogens (primary N) is 1. The smallest absolute Gasteiger partial charge is 0.396 e. The highest BCUT2D eigenvalue weighted by Crippen LogP contribution is 2.52. The van der Waals surface area contributed by atoms with Crippen molar-refractivity contribution in [2.45, 2.75) is 31.5 Å².